The largest absolute Gasteiger partial charge is 0.416 e. The van der Waals surface area contributed by atoms with E-state index in [9.17, 15) is 48.6 Å². The Morgan fingerprint density at radius 2 is 1.67 bits per heavy atom. The number of nitrogens with one attached hydrogen (secondary N) is 1. The topological polar surface area (TPSA) is 168 Å². The number of nitrogens with zero attached hydrogens (tertiary/aromatic N) is 2. The Morgan fingerprint density at radius 3 is 2.10 bits per heavy atom. The highest BCUT2D eigenvalue weighted by Crippen LogP contribution is 2.58. The summed E-state index contributed by atoms with van der Waals surface area (Å²) in [5.41, 5.74) is -4.68. The van der Waals surface area contributed by atoms with E-state index in [1.807, 2.05) is 5.32 Å². The molecule has 0 unspecified atom stereocenters. The van der Waals surface area contributed by atoms with Gasteiger partial charge in [0.25, 0.3) is 28.8 Å². The van der Waals surface area contributed by atoms with Crippen LogP contribution >= 0.6 is 11.6 Å². The van der Waals surface area contributed by atoms with E-state index in [1.165, 1.54) is 6.92 Å². The van der Waals surface area contributed by atoms with Gasteiger partial charge in [0.05, 0.1) is 22.5 Å². The van der Waals surface area contributed by atoms with Gasteiger partial charge in [-0.1, -0.05) is 11.6 Å². The maximum absolute atomic E-state index is 13.0. The minimum atomic E-state index is -4.74. The monoisotopic (exact) mass is 453 g/mol. The molecule has 1 amide bonds. The number of alkyl halides is 3. The van der Waals surface area contributed by atoms with Crippen LogP contribution in [0.5, 0.6) is 0 Å². The van der Waals surface area contributed by atoms with Crippen molar-refractivity contribution in [3.05, 3.63) is 46.7 Å². The van der Waals surface area contributed by atoms with E-state index in [0.717, 1.165) is 18.5 Å². The molecule has 0 radical (unpaired) electrons. The van der Waals surface area contributed by atoms with Crippen LogP contribution in [0.1, 0.15) is 11.1 Å². The lowest BCUT2D eigenvalue weighted by Crippen LogP contribution is -2.97. The lowest BCUT2D eigenvalue weighted by Gasteiger charge is -2.64. The number of hydrogen-bond acceptors (Lipinski definition) is 8. The Morgan fingerprint density at radius 1 is 1.10 bits per heavy atom. The van der Waals surface area contributed by atoms with Crippen LogP contribution in [0.25, 0.3) is 0 Å². The standard InChI is InChI=1S/C16H15ClF3N3O7/c1-7-5-21-23(6-7)12(14(25,26)16(29,30)15(12,27)28)11(24)22-10-3-2-8(4-9(10)17)13(18,19)20/h2-6,25-30H,1H3,(H,22,24). The molecule has 1 saturated carbocycles. The number of amides is 1. The highest BCUT2D eigenvalue weighted by Gasteiger charge is 2.94. The van der Waals surface area contributed by atoms with Crippen molar-refractivity contribution >= 4 is 23.2 Å². The molecule has 0 saturated heterocycles. The molecule has 1 heterocycles. The van der Waals surface area contributed by atoms with Crippen molar-refractivity contribution in [3.63, 3.8) is 0 Å². The predicted octanol–water partition coefficient (Wildman–Crippen LogP) is -0.746. The summed E-state index contributed by atoms with van der Waals surface area (Å²) < 4.78 is 38.7. The van der Waals surface area contributed by atoms with Crippen LogP contribution in [-0.4, -0.2) is 63.7 Å². The zero-order chi connectivity index (χ0) is 22.9. The molecule has 1 fully saturated rings. The molecule has 0 aliphatic heterocycles. The first-order chi connectivity index (χ1) is 13.5. The summed E-state index contributed by atoms with van der Waals surface area (Å²) in [7, 11) is 0. The van der Waals surface area contributed by atoms with Crippen LogP contribution in [0.15, 0.2) is 30.6 Å². The van der Waals surface area contributed by atoms with E-state index in [-0.39, 0.29) is 0 Å². The van der Waals surface area contributed by atoms with Gasteiger partial charge in [-0.2, -0.15) is 18.3 Å². The van der Waals surface area contributed by atoms with Gasteiger partial charge in [-0.25, -0.2) is 4.68 Å². The highest BCUT2D eigenvalue weighted by molar-refractivity contribution is 6.33. The Kier molecular flexibility index (Phi) is 4.76. The molecule has 0 atom stereocenters. The van der Waals surface area contributed by atoms with E-state index >= 15 is 0 Å². The van der Waals surface area contributed by atoms with Gasteiger partial charge in [0.15, 0.2) is 0 Å². The number of rotatable bonds is 3. The third-order valence-electron chi connectivity index (χ3n) is 4.91. The summed E-state index contributed by atoms with van der Waals surface area (Å²) in [4.78, 5) is 13.0. The van der Waals surface area contributed by atoms with Gasteiger partial charge in [-0.15, -0.1) is 0 Å². The molecule has 30 heavy (non-hydrogen) atoms. The number of aromatic nitrogens is 2. The van der Waals surface area contributed by atoms with E-state index in [0.29, 0.717) is 22.4 Å². The molecule has 1 aliphatic carbocycles. The maximum Gasteiger partial charge on any atom is 0.416 e. The maximum atomic E-state index is 13.0. The third-order valence-corrected chi connectivity index (χ3v) is 5.22. The molecule has 3 rings (SSSR count). The molecule has 1 aromatic carbocycles. The second-order valence-corrected chi connectivity index (χ2v) is 7.24. The molecule has 10 nitrogen and oxygen atoms in total. The first-order valence-electron chi connectivity index (χ1n) is 8.06. The number of aliphatic hydroxyl groups is 6. The number of hydrogen-bond donors (Lipinski definition) is 7. The zero-order valence-electron chi connectivity index (χ0n) is 14.9. The van der Waals surface area contributed by atoms with Crippen molar-refractivity contribution in [2.75, 3.05) is 5.32 Å². The van der Waals surface area contributed by atoms with Crippen molar-refractivity contribution in [2.24, 2.45) is 0 Å². The molecular weight excluding hydrogens is 439 g/mol. The second kappa shape index (κ2) is 6.37. The van der Waals surface area contributed by atoms with Crippen LogP contribution in [-0.2, 0) is 16.5 Å². The fourth-order valence-corrected chi connectivity index (χ4v) is 3.50. The average molecular weight is 454 g/mol. The van der Waals surface area contributed by atoms with E-state index in [1.54, 1.807) is 0 Å². The van der Waals surface area contributed by atoms with E-state index in [4.69, 9.17) is 11.6 Å². The number of anilines is 1. The first-order valence-corrected chi connectivity index (χ1v) is 8.44. The summed E-state index contributed by atoms with van der Waals surface area (Å²) >= 11 is 5.75. The van der Waals surface area contributed by atoms with Crippen LogP contribution in [0.2, 0.25) is 5.02 Å². The summed E-state index contributed by atoms with van der Waals surface area (Å²) in [5.74, 6) is -13.5. The second-order valence-electron chi connectivity index (χ2n) is 6.84. The normalized spacial score (nSPS) is 21.0. The zero-order valence-corrected chi connectivity index (χ0v) is 15.6. The van der Waals surface area contributed by atoms with Gasteiger partial charge >= 0.3 is 6.18 Å². The van der Waals surface area contributed by atoms with E-state index < -0.39 is 51.3 Å². The average Bonchev–Trinajstić information content (AvgIpc) is 3.01. The van der Waals surface area contributed by atoms with Crippen molar-refractivity contribution in [1.82, 2.24) is 9.78 Å². The highest BCUT2D eigenvalue weighted by atomic mass is 35.5. The first kappa shape index (κ1) is 22.4. The molecule has 14 heteroatoms. The quantitative estimate of drug-likeness (QED) is 0.298. The van der Waals surface area contributed by atoms with Crippen molar-refractivity contribution in [2.45, 2.75) is 36.0 Å². The molecular formula is C16H15ClF3N3O7. The Balaban J connectivity index is 2.11. The molecule has 7 N–H and O–H groups in total. The summed E-state index contributed by atoms with van der Waals surface area (Å²) in [6.07, 6.45) is -2.69. The van der Waals surface area contributed by atoms with Crippen LogP contribution < -0.4 is 5.32 Å². The van der Waals surface area contributed by atoms with Gasteiger partial charge in [0.1, 0.15) is 0 Å². The van der Waals surface area contributed by atoms with Crippen molar-refractivity contribution < 1.29 is 48.6 Å². The minimum absolute atomic E-state index is 0.301. The molecule has 164 valence electrons. The lowest BCUT2D eigenvalue weighted by atomic mass is 9.58. The number of carbonyl (C=O) groups is 1. The number of carbonyl (C=O) groups excluding carboxylic acids is 1. The smallest absolute Gasteiger partial charge is 0.359 e. The molecule has 0 bridgehead atoms. The summed E-state index contributed by atoms with van der Waals surface area (Å²) in [6.45, 7) is 1.44. The van der Waals surface area contributed by atoms with Crippen LogP contribution in [0, 0.1) is 6.92 Å². The summed E-state index contributed by atoms with van der Waals surface area (Å²) in [5, 5.41) is 65.4. The Bertz CT molecular complexity index is 1000. The van der Waals surface area contributed by atoms with Gasteiger partial charge in [0, 0.05) is 6.20 Å². The van der Waals surface area contributed by atoms with E-state index in [2.05, 4.69) is 5.10 Å². The fraction of sp³-hybridized carbons (Fsp3) is 0.375. The molecule has 1 aliphatic rings. The fourth-order valence-electron chi connectivity index (χ4n) is 3.27. The molecule has 1 aromatic heterocycles. The molecule has 2 aromatic rings. The number of halogens is 4. The summed E-state index contributed by atoms with van der Waals surface area (Å²) in [6, 6.07) is 1.77. The third kappa shape index (κ3) is 2.61. The Labute approximate surface area is 170 Å². The Hall–Kier alpha value is -2.26. The number of benzene rings is 1. The van der Waals surface area contributed by atoms with Gasteiger partial charge < -0.3 is 36.0 Å². The van der Waals surface area contributed by atoms with Gasteiger partial charge in [-0.05, 0) is 30.7 Å². The van der Waals surface area contributed by atoms with Gasteiger partial charge in [-0.3, -0.25) is 4.79 Å². The minimum Gasteiger partial charge on any atom is -0.359 e. The van der Waals surface area contributed by atoms with Crippen LogP contribution in [0.3, 0.4) is 0 Å². The van der Waals surface area contributed by atoms with Crippen molar-refractivity contribution in [1.29, 1.82) is 0 Å². The number of aryl methyl sites for hydroxylation is 1. The lowest BCUT2D eigenvalue weighted by molar-refractivity contribution is -0.571. The SMILES string of the molecule is Cc1cnn(C2(C(=O)Nc3ccc(C(F)(F)F)cc3Cl)C(O)(O)C(O)(O)C2(O)O)c1. The van der Waals surface area contributed by atoms with Gasteiger partial charge in [0.2, 0.25) is 0 Å². The van der Waals surface area contributed by atoms with Crippen LogP contribution in [0.4, 0.5) is 18.9 Å². The van der Waals surface area contributed by atoms with Crippen molar-refractivity contribution in [3.8, 4) is 0 Å². The molecule has 0 spiro atoms. The predicted molar refractivity (Wildman–Crippen MR) is 91.5 cm³/mol.